The molecule has 0 saturated heterocycles. The average molecular weight is 361 g/mol. The number of nitrogens with zero attached hydrogens (tertiary/aromatic N) is 2. The van der Waals surface area contributed by atoms with E-state index >= 15 is 0 Å². The largest absolute Gasteiger partial charge is 0.397 e. The quantitative estimate of drug-likeness (QED) is 0.557. The number of nitrogens with two attached hydrogens (primary N) is 2. The molecule has 4 nitrogen and oxygen atoms in total. The highest BCUT2D eigenvalue weighted by atomic mass is 32.1. The molecule has 1 atom stereocenters. The fraction of sp³-hybridized carbons (Fsp3) is 0.444. The minimum Gasteiger partial charge on any atom is -0.397 e. The number of thiophene rings is 1. The third-order valence-corrected chi connectivity index (χ3v) is 6.23. The molecular weight excluding hydrogens is 336 g/mol. The van der Waals surface area contributed by atoms with Crippen LogP contribution in [-0.2, 0) is 6.42 Å². The topological polar surface area (TPSA) is 77.8 Å². The smallest absolute Gasteiger partial charge is 0.115 e. The van der Waals surface area contributed by atoms with E-state index in [0.29, 0.717) is 11.4 Å². The predicted octanol–water partition coefficient (Wildman–Crippen LogP) is 5.34. The van der Waals surface area contributed by atoms with Gasteiger partial charge in [0.05, 0.1) is 23.1 Å². The molecule has 4 N–H and O–H groups in total. The number of rotatable bonds is 7. The van der Waals surface area contributed by atoms with E-state index in [9.17, 15) is 0 Å². The van der Waals surface area contributed by atoms with Gasteiger partial charge in [0.15, 0.2) is 0 Å². The van der Waals surface area contributed by atoms with Gasteiger partial charge in [0.1, 0.15) is 11.0 Å². The number of unbranched alkanes of at least 4 members (excludes halogenated alkanes) is 1. The van der Waals surface area contributed by atoms with Crippen LogP contribution in [0.25, 0.3) is 21.5 Å². The molecule has 2 aromatic heterocycles. The first-order valence-electron chi connectivity index (χ1n) is 8.53. The summed E-state index contributed by atoms with van der Waals surface area (Å²) in [7, 11) is 0. The van der Waals surface area contributed by atoms with Crippen LogP contribution < -0.4 is 11.5 Å². The lowest BCUT2D eigenvalue weighted by atomic mass is 9.95. The standard InChI is InChI=1S/C18H24N4S2/c1-3-5-6-11(4-2)9-12-7-8-15(23-12)16-17(20)13(19)10-14-18(16)22-24-21-14/h7-8,10-11H,3-6,9,19-20H2,1-2H3. The molecule has 0 spiro atoms. The summed E-state index contributed by atoms with van der Waals surface area (Å²) in [6, 6.07) is 6.18. The van der Waals surface area contributed by atoms with E-state index in [2.05, 4.69) is 34.7 Å². The van der Waals surface area contributed by atoms with Crippen LogP contribution in [0.15, 0.2) is 18.2 Å². The zero-order valence-electron chi connectivity index (χ0n) is 14.2. The van der Waals surface area contributed by atoms with Crippen LogP contribution >= 0.6 is 23.1 Å². The third-order valence-electron chi connectivity index (χ3n) is 4.56. The van der Waals surface area contributed by atoms with E-state index in [1.165, 1.54) is 42.3 Å². The second-order valence-electron chi connectivity index (χ2n) is 6.27. The summed E-state index contributed by atoms with van der Waals surface area (Å²) in [4.78, 5) is 2.55. The molecule has 24 heavy (non-hydrogen) atoms. The number of fused-ring (bicyclic) bond motifs is 1. The summed E-state index contributed by atoms with van der Waals surface area (Å²) < 4.78 is 8.73. The van der Waals surface area contributed by atoms with Crippen LogP contribution in [0.3, 0.4) is 0 Å². The summed E-state index contributed by atoms with van der Waals surface area (Å²) in [5, 5.41) is 0. The molecule has 2 heterocycles. The number of nitrogen functional groups attached to an aromatic ring is 2. The number of benzene rings is 1. The fourth-order valence-electron chi connectivity index (χ4n) is 3.06. The van der Waals surface area contributed by atoms with E-state index in [-0.39, 0.29) is 0 Å². The van der Waals surface area contributed by atoms with Crippen LogP contribution in [0.1, 0.15) is 44.4 Å². The van der Waals surface area contributed by atoms with Crippen molar-refractivity contribution < 1.29 is 0 Å². The highest BCUT2D eigenvalue weighted by Crippen LogP contribution is 2.40. The maximum absolute atomic E-state index is 6.26. The maximum Gasteiger partial charge on any atom is 0.115 e. The van der Waals surface area contributed by atoms with Gasteiger partial charge in [0.25, 0.3) is 0 Å². The Morgan fingerprint density at radius 2 is 2.00 bits per heavy atom. The van der Waals surface area contributed by atoms with Gasteiger partial charge < -0.3 is 11.5 Å². The molecule has 128 valence electrons. The molecule has 6 heteroatoms. The van der Waals surface area contributed by atoms with Gasteiger partial charge in [-0.1, -0.05) is 39.5 Å². The molecule has 1 aromatic carbocycles. The predicted molar refractivity (Wildman–Crippen MR) is 107 cm³/mol. The molecule has 3 rings (SSSR count). The van der Waals surface area contributed by atoms with Gasteiger partial charge >= 0.3 is 0 Å². The van der Waals surface area contributed by atoms with Crippen molar-refractivity contribution in [2.75, 3.05) is 11.5 Å². The van der Waals surface area contributed by atoms with Gasteiger partial charge in [-0.3, -0.25) is 0 Å². The highest BCUT2D eigenvalue weighted by Gasteiger charge is 2.17. The highest BCUT2D eigenvalue weighted by molar-refractivity contribution is 7.15. The second kappa shape index (κ2) is 7.49. The Morgan fingerprint density at radius 1 is 1.17 bits per heavy atom. The van der Waals surface area contributed by atoms with Crippen LogP contribution in [0.5, 0.6) is 0 Å². The van der Waals surface area contributed by atoms with Crippen molar-refractivity contribution in [2.45, 2.75) is 46.0 Å². The molecule has 3 aromatic rings. The number of anilines is 2. The summed E-state index contributed by atoms with van der Waals surface area (Å²) in [5.74, 6) is 0.760. The Morgan fingerprint density at radius 3 is 2.75 bits per heavy atom. The molecule has 0 aliphatic carbocycles. The zero-order valence-corrected chi connectivity index (χ0v) is 15.8. The van der Waals surface area contributed by atoms with Crippen molar-refractivity contribution in [1.29, 1.82) is 0 Å². The Balaban J connectivity index is 1.91. The van der Waals surface area contributed by atoms with Crippen LogP contribution in [0, 0.1) is 5.92 Å². The van der Waals surface area contributed by atoms with E-state index in [1.54, 1.807) is 11.3 Å². The van der Waals surface area contributed by atoms with Crippen molar-refractivity contribution in [3.63, 3.8) is 0 Å². The van der Waals surface area contributed by atoms with Gasteiger partial charge in [-0.2, -0.15) is 8.75 Å². The van der Waals surface area contributed by atoms with Crippen molar-refractivity contribution in [1.82, 2.24) is 8.75 Å². The summed E-state index contributed by atoms with van der Waals surface area (Å²) >= 11 is 3.01. The van der Waals surface area contributed by atoms with Crippen LogP contribution in [0.2, 0.25) is 0 Å². The number of hydrogen-bond donors (Lipinski definition) is 2. The Kier molecular flexibility index (Phi) is 5.36. The minimum atomic E-state index is 0.578. The van der Waals surface area contributed by atoms with Gasteiger partial charge in [-0.25, -0.2) is 0 Å². The van der Waals surface area contributed by atoms with Crippen molar-refractivity contribution >= 4 is 45.5 Å². The third kappa shape index (κ3) is 3.39. The first-order valence-corrected chi connectivity index (χ1v) is 10.1. The van der Waals surface area contributed by atoms with E-state index in [0.717, 1.165) is 33.8 Å². The van der Waals surface area contributed by atoms with Crippen molar-refractivity contribution in [3.05, 3.63) is 23.1 Å². The monoisotopic (exact) mass is 360 g/mol. The van der Waals surface area contributed by atoms with E-state index in [1.807, 2.05) is 6.07 Å². The zero-order chi connectivity index (χ0) is 17.1. The van der Waals surface area contributed by atoms with Crippen molar-refractivity contribution in [3.8, 4) is 10.4 Å². The number of hydrogen-bond acceptors (Lipinski definition) is 6. The molecule has 0 amide bonds. The molecule has 0 radical (unpaired) electrons. The minimum absolute atomic E-state index is 0.578. The Bertz CT molecular complexity index is 822. The first kappa shape index (κ1) is 17.2. The SMILES string of the molecule is CCCCC(CC)Cc1ccc(-c2c(N)c(N)cc3nsnc23)s1. The average Bonchev–Trinajstić information content (AvgIpc) is 3.22. The Hall–Kier alpha value is -1.66. The van der Waals surface area contributed by atoms with Gasteiger partial charge in [0, 0.05) is 15.3 Å². The lowest BCUT2D eigenvalue weighted by Crippen LogP contribution is -2.01. The molecule has 1 unspecified atom stereocenters. The summed E-state index contributed by atoms with van der Waals surface area (Å²) in [6.45, 7) is 4.54. The molecule has 0 aliphatic heterocycles. The van der Waals surface area contributed by atoms with Gasteiger partial charge in [-0.05, 0) is 30.5 Å². The summed E-state index contributed by atoms with van der Waals surface area (Å²) in [5.41, 5.74) is 16.1. The maximum atomic E-state index is 6.26. The van der Waals surface area contributed by atoms with Gasteiger partial charge in [-0.15, -0.1) is 11.3 Å². The fourth-order valence-corrected chi connectivity index (χ4v) is 4.78. The normalized spacial score (nSPS) is 12.8. The lowest BCUT2D eigenvalue weighted by Gasteiger charge is -2.12. The molecule has 0 bridgehead atoms. The van der Waals surface area contributed by atoms with E-state index < -0.39 is 0 Å². The van der Waals surface area contributed by atoms with Gasteiger partial charge in [0.2, 0.25) is 0 Å². The van der Waals surface area contributed by atoms with E-state index in [4.69, 9.17) is 11.5 Å². The first-order chi connectivity index (χ1) is 11.6. The lowest BCUT2D eigenvalue weighted by molar-refractivity contribution is 0.452. The van der Waals surface area contributed by atoms with Crippen molar-refractivity contribution in [2.24, 2.45) is 5.92 Å². The van der Waals surface area contributed by atoms with Crippen LogP contribution in [0.4, 0.5) is 11.4 Å². The molecule has 0 saturated carbocycles. The molecular formula is C18H24N4S2. The summed E-state index contributed by atoms with van der Waals surface area (Å²) in [6.07, 6.45) is 6.25. The van der Waals surface area contributed by atoms with Crippen LogP contribution in [-0.4, -0.2) is 8.75 Å². The molecule has 0 aliphatic rings. The number of aromatic nitrogens is 2. The Labute approximate surface area is 151 Å². The second-order valence-corrected chi connectivity index (χ2v) is 7.97. The molecule has 0 fully saturated rings.